The smallest absolute Gasteiger partial charge is 0.257 e. The highest BCUT2D eigenvalue weighted by Gasteiger charge is 2.26. The predicted octanol–water partition coefficient (Wildman–Crippen LogP) is 2.47. The molecule has 0 radical (unpaired) electrons. The minimum atomic E-state index is -3.51. The molecule has 0 unspecified atom stereocenters. The fourth-order valence-corrected chi connectivity index (χ4v) is 3.89. The first kappa shape index (κ1) is 17.4. The molecular weight excluding hydrogens is 340 g/mol. The molecule has 1 aliphatic rings. The third-order valence-electron chi connectivity index (χ3n) is 4.12. The van der Waals surface area contributed by atoms with Crippen molar-refractivity contribution in [1.29, 1.82) is 0 Å². The topological polar surface area (TPSA) is 79.6 Å². The molecule has 132 valence electrons. The van der Waals surface area contributed by atoms with E-state index < -0.39 is 10.0 Å². The van der Waals surface area contributed by atoms with Crippen molar-refractivity contribution in [2.24, 2.45) is 0 Å². The summed E-state index contributed by atoms with van der Waals surface area (Å²) < 4.78 is 32.0. The largest absolute Gasteiger partial charge is 0.472 e. The van der Waals surface area contributed by atoms with Gasteiger partial charge in [0.25, 0.3) is 5.91 Å². The van der Waals surface area contributed by atoms with E-state index >= 15 is 0 Å². The minimum Gasteiger partial charge on any atom is -0.472 e. The van der Waals surface area contributed by atoms with E-state index in [0.29, 0.717) is 31.5 Å². The third kappa shape index (κ3) is 4.80. The molecule has 2 heterocycles. The van der Waals surface area contributed by atoms with Gasteiger partial charge in [-0.2, -0.15) is 0 Å². The van der Waals surface area contributed by atoms with E-state index in [0.717, 1.165) is 5.56 Å². The lowest BCUT2D eigenvalue weighted by Crippen LogP contribution is -2.46. The summed E-state index contributed by atoms with van der Waals surface area (Å²) >= 11 is 0. The normalized spacial score (nSPS) is 16.4. The molecule has 0 atom stereocenters. The number of nitrogens with one attached hydrogen (secondary N) is 1. The summed E-state index contributed by atoms with van der Waals surface area (Å²) in [5.41, 5.74) is 1.35. The maximum Gasteiger partial charge on any atom is 0.257 e. The van der Waals surface area contributed by atoms with Crippen molar-refractivity contribution in [3.05, 3.63) is 65.5 Å². The highest BCUT2D eigenvalue weighted by atomic mass is 32.2. The van der Waals surface area contributed by atoms with Gasteiger partial charge in [0.1, 0.15) is 6.26 Å². The number of rotatable bonds is 5. The number of piperidine rings is 1. The predicted molar refractivity (Wildman–Crippen MR) is 95.2 cm³/mol. The van der Waals surface area contributed by atoms with E-state index in [1.54, 1.807) is 17.0 Å². The summed E-state index contributed by atoms with van der Waals surface area (Å²) in [5.74, 6) is -0.0842. The number of amides is 1. The molecule has 0 bridgehead atoms. The summed E-state index contributed by atoms with van der Waals surface area (Å²) in [6, 6.07) is 10.7. The second-order valence-corrected chi connectivity index (χ2v) is 7.55. The van der Waals surface area contributed by atoms with E-state index in [1.165, 1.54) is 17.9 Å². The zero-order valence-electron chi connectivity index (χ0n) is 13.7. The summed E-state index contributed by atoms with van der Waals surface area (Å²) in [6.07, 6.45) is 5.63. The first-order chi connectivity index (χ1) is 12.0. The minimum absolute atomic E-state index is 0.0842. The second kappa shape index (κ2) is 7.67. The lowest BCUT2D eigenvalue weighted by atomic mass is 10.1. The monoisotopic (exact) mass is 360 g/mol. The van der Waals surface area contributed by atoms with Crippen LogP contribution in [0.2, 0.25) is 0 Å². The first-order valence-corrected chi connectivity index (χ1v) is 9.65. The van der Waals surface area contributed by atoms with Gasteiger partial charge in [-0.1, -0.05) is 30.3 Å². The van der Waals surface area contributed by atoms with Crippen LogP contribution < -0.4 is 4.72 Å². The molecular formula is C18H20N2O4S. The van der Waals surface area contributed by atoms with Crippen LogP contribution in [0.3, 0.4) is 0 Å². The number of carbonyl (C=O) groups is 1. The number of nitrogens with zero attached hydrogens (tertiary/aromatic N) is 1. The Morgan fingerprint density at radius 3 is 2.52 bits per heavy atom. The molecule has 1 aromatic heterocycles. The molecule has 2 aromatic rings. The highest BCUT2D eigenvalue weighted by Crippen LogP contribution is 2.15. The quantitative estimate of drug-likeness (QED) is 0.888. The first-order valence-electron chi connectivity index (χ1n) is 8.10. The van der Waals surface area contributed by atoms with Gasteiger partial charge in [-0.3, -0.25) is 4.79 Å². The van der Waals surface area contributed by atoms with Gasteiger partial charge < -0.3 is 9.32 Å². The summed E-state index contributed by atoms with van der Waals surface area (Å²) in [4.78, 5) is 13.9. The van der Waals surface area contributed by atoms with Crippen LogP contribution in [0.1, 0.15) is 28.8 Å². The number of benzene rings is 1. The van der Waals surface area contributed by atoms with Gasteiger partial charge in [-0.15, -0.1) is 0 Å². The van der Waals surface area contributed by atoms with Crippen LogP contribution in [0, 0.1) is 0 Å². The van der Waals surface area contributed by atoms with E-state index in [9.17, 15) is 13.2 Å². The fraction of sp³-hybridized carbons (Fsp3) is 0.278. The van der Waals surface area contributed by atoms with Crippen LogP contribution in [0.5, 0.6) is 0 Å². The second-order valence-electron chi connectivity index (χ2n) is 5.95. The molecule has 1 aromatic carbocycles. The van der Waals surface area contributed by atoms with E-state index in [1.807, 2.05) is 30.3 Å². The lowest BCUT2D eigenvalue weighted by Gasteiger charge is -2.31. The lowest BCUT2D eigenvalue weighted by molar-refractivity contribution is 0.0710. The number of furan rings is 1. The summed E-state index contributed by atoms with van der Waals surface area (Å²) in [6.45, 7) is 1.03. The molecule has 1 amide bonds. The summed E-state index contributed by atoms with van der Waals surface area (Å²) in [5, 5.41) is 1.19. The third-order valence-corrected chi connectivity index (χ3v) is 5.28. The van der Waals surface area contributed by atoms with Gasteiger partial charge in [0.2, 0.25) is 10.0 Å². The average Bonchev–Trinajstić information content (AvgIpc) is 3.15. The Labute approximate surface area is 147 Å². The van der Waals surface area contributed by atoms with Crippen molar-refractivity contribution in [3.8, 4) is 0 Å². The Morgan fingerprint density at radius 1 is 1.16 bits per heavy atom. The van der Waals surface area contributed by atoms with Gasteiger partial charge >= 0.3 is 0 Å². The molecule has 0 spiro atoms. The SMILES string of the molecule is O=C(c1ccoc1)N1CCC(NS(=O)(=O)/C=C/c2ccccc2)CC1. The van der Waals surface area contributed by atoms with Crippen LogP contribution >= 0.6 is 0 Å². The van der Waals surface area contributed by atoms with Crippen LogP contribution in [0.25, 0.3) is 6.08 Å². The highest BCUT2D eigenvalue weighted by molar-refractivity contribution is 7.92. The average molecular weight is 360 g/mol. The summed E-state index contributed by atoms with van der Waals surface area (Å²) in [7, 11) is -3.51. The van der Waals surface area contributed by atoms with Gasteiger partial charge in [0.15, 0.2) is 0 Å². The molecule has 1 aliphatic heterocycles. The molecule has 1 N–H and O–H groups in total. The number of likely N-dealkylation sites (tertiary alicyclic amines) is 1. The van der Waals surface area contributed by atoms with Crippen molar-refractivity contribution in [2.45, 2.75) is 18.9 Å². The molecule has 25 heavy (non-hydrogen) atoms. The Hall–Kier alpha value is -2.38. The molecule has 0 saturated carbocycles. The van der Waals surface area contributed by atoms with E-state index in [2.05, 4.69) is 4.72 Å². The standard InChI is InChI=1S/C18H20N2O4S/c21-18(16-8-12-24-14-16)20-10-6-17(7-11-20)19-25(22,23)13-9-15-4-2-1-3-5-15/h1-5,8-9,12-14,17,19H,6-7,10-11H2/b13-9+. The zero-order chi connectivity index (χ0) is 17.7. The molecule has 7 heteroatoms. The maximum absolute atomic E-state index is 12.2. The van der Waals surface area contributed by atoms with Gasteiger partial charge in [-0.05, 0) is 30.5 Å². The van der Waals surface area contributed by atoms with Crippen molar-refractivity contribution in [1.82, 2.24) is 9.62 Å². The Kier molecular flexibility index (Phi) is 5.35. The molecule has 3 rings (SSSR count). The van der Waals surface area contributed by atoms with E-state index in [4.69, 9.17) is 4.42 Å². The number of hydrogen-bond donors (Lipinski definition) is 1. The maximum atomic E-state index is 12.2. The van der Waals surface area contributed by atoms with Crippen LogP contribution in [0.15, 0.2) is 58.7 Å². The fourth-order valence-electron chi connectivity index (χ4n) is 2.77. The Bertz CT molecular complexity index is 821. The van der Waals surface area contributed by atoms with Crippen molar-refractivity contribution in [2.75, 3.05) is 13.1 Å². The van der Waals surface area contributed by atoms with Crippen molar-refractivity contribution >= 4 is 22.0 Å². The molecule has 0 aliphatic carbocycles. The van der Waals surface area contributed by atoms with Crippen molar-refractivity contribution < 1.29 is 17.6 Å². The van der Waals surface area contributed by atoms with Gasteiger partial charge in [0, 0.05) is 24.5 Å². The molecule has 1 saturated heterocycles. The van der Waals surface area contributed by atoms with Crippen molar-refractivity contribution in [3.63, 3.8) is 0 Å². The van der Waals surface area contributed by atoms with Gasteiger partial charge in [0.05, 0.1) is 11.8 Å². The zero-order valence-corrected chi connectivity index (χ0v) is 14.5. The van der Waals surface area contributed by atoms with Gasteiger partial charge in [-0.25, -0.2) is 13.1 Å². The van der Waals surface area contributed by atoms with Crippen LogP contribution in [-0.2, 0) is 10.0 Å². The molecule has 1 fully saturated rings. The molecule has 6 nitrogen and oxygen atoms in total. The van der Waals surface area contributed by atoms with Crippen LogP contribution in [0.4, 0.5) is 0 Å². The number of carbonyl (C=O) groups excluding carboxylic acids is 1. The Balaban J connectivity index is 1.53. The van der Waals surface area contributed by atoms with Crippen LogP contribution in [-0.4, -0.2) is 38.4 Å². The number of sulfonamides is 1. The Morgan fingerprint density at radius 2 is 1.88 bits per heavy atom. The number of hydrogen-bond acceptors (Lipinski definition) is 4. The van der Waals surface area contributed by atoms with E-state index in [-0.39, 0.29) is 11.9 Å².